The molecule has 0 spiro atoms. The van der Waals surface area contributed by atoms with Crippen LogP contribution < -0.4 is 10.2 Å². The summed E-state index contributed by atoms with van der Waals surface area (Å²) in [6, 6.07) is 7.57. The molecule has 1 amide bonds. The Morgan fingerprint density at radius 2 is 2.00 bits per heavy atom. The van der Waals surface area contributed by atoms with Crippen LogP contribution in [-0.4, -0.2) is 30.6 Å². The molecule has 120 valence electrons. The molecule has 1 aromatic carbocycles. The van der Waals surface area contributed by atoms with Crippen molar-refractivity contribution in [2.24, 2.45) is 5.92 Å². The zero-order chi connectivity index (χ0) is 16.3. The number of benzene rings is 1. The second-order valence-electron chi connectivity index (χ2n) is 5.76. The maximum atomic E-state index is 12.9. The zero-order valence-electron chi connectivity index (χ0n) is 13.7. The van der Waals surface area contributed by atoms with E-state index in [1.807, 2.05) is 49.9 Å². The van der Waals surface area contributed by atoms with Crippen LogP contribution in [-0.2, 0) is 14.3 Å². The predicted molar refractivity (Wildman–Crippen MR) is 86.9 cm³/mol. The third-order valence-corrected chi connectivity index (χ3v) is 4.08. The molecule has 5 heteroatoms. The van der Waals surface area contributed by atoms with Gasteiger partial charge in [0.05, 0.1) is 18.0 Å². The zero-order valence-corrected chi connectivity index (χ0v) is 13.7. The quantitative estimate of drug-likeness (QED) is 0.671. The van der Waals surface area contributed by atoms with Gasteiger partial charge in [-0.3, -0.25) is 4.79 Å². The van der Waals surface area contributed by atoms with Crippen LogP contribution in [0.2, 0.25) is 0 Å². The number of rotatable bonds is 5. The number of fused-ring (bicyclic) bond motifs is 1. The molecule has 1 atom stereocenters. The SMILES string of the molecule is CCCN1c2ccccc2NC(=O)C1(C(=O)OCC)C(C)C. The van der Waals surface area contributed by atoms with Gasteiger partial charge in [0.25, 0.3) is 5.91 Å². The van der Waals surface area contributed by atoms with Crippen LogP contribution in [0.15, 0.2) is 24.3 Å². The highest BCUT2D eigenvalue weighted by atomic mass is 16.5. The van der Waals surface area contributed by atoms with Gasteiger partial charge in [-0.1, -0.05) is 32.9 Å². The number of esters is 1. The van der Waals surface area contributed by atoms with Gasteiger partial charge < -0.3 is 15.0 Å². The Hall–Kier alpha value is -2.04. The maximum absolute atomic E-state index is 12.9. The molecule has 2 rings (SSSR count). The van der Waals surface area contributed by atoms with E-state index in [9.17, 15) is 9.59 Å². The summed E-state index contributed by atoms with van der Waals surface area (Å²) in [5.41, 5.74) is 0.285. The number of nitrogens with one attached hydrogen (secondary N) is 1. The standard InChI is InChI=1S/C17H24N2O3/c1-5-11-19-14-10-8-7-9-13(14)18-15(20)17(19,12(3)4)16(21)22-6-2/h7-10,12H,5-6,11H2,1-4H3,(H,18,20). The van der Waals surface area contributed by atoms with Crippen molar-refractivity contribution >= 4 is 23.3 Å². The number of anilines is 2. The van der Waals surface area contributed by atoms with Crippen LogP contribution in [0.1, 0.15) is 34.1 Å². The maximum Gasteiger partial charge on any atom is 0.342 e. The van der Waals surface area contributed by atoms with Gasteiger partial charge in [-0.05, 0) is 31.4 Å². The van der Waals surface area contributed by atoms with Crippen molar-refractivity contribution < 1.29 is 14.3 Å². The Morgan fingerprint density at radius 1 is 1.32 bits per heavy atom. The summed E-state index contributed by atoms with van der Waals surface area (Å²) < 4.78 is 5.27. The van der Waals surface area contributed by atoms with Crippen LogP contribution in [0.4, 0.5) is 11.4 Å². The first-order valence-electron chi connectivity index (χ1n) is 7.85. The van der Waals surface area contributed by atoms with Crippen LogP contribution in [0, 0.1) is 5.92 Å². The number of carbonyl (C=O) groups is 2. The minimum Gasteiger partial charge on any atom is -0.464 e. The first-order chi connectivity index (χ1) is 10.5. The summed E-state index contributed by atoms with van der Waals surface area (Å²) in [6.45, 7) is 8.42. The average molecular weight is 304 g/mol. The summed E-state index contributed by atoms with van der Waals surface area (Å²) >= 11 is 0. The molecule has 0 bridgehead atoms. The van der Waals surface area contributed by atoms with Crippen molar-refractivity contribution in [1.82, 2.24) is 0 Å². The molecular weight excluding hydrogens is 280 g/mol. The van der Waals surface area contributed by atoms with Gasteiger partial charge in [-0.2, -0.15) is 0 Å². The summed E-state index contributed by atoms with van der Waals surface area (Å²) in [4.78, 5) is 27.5. The highest BCUT2D eigenvalue weighted by Gasteiger charge is 2.57. The lowest BCUT2D eigenvalue weighted by Crippen LogP contribution is -2.68. The van der Waals surface area contributed by atoms with Crippen molar-refractivity contribution in [1.29, 1.82) is 0 Å². The fraction of sp³-hybridized carbons (Fsp3) is 0.529. The van der Waals surface area contributed by atoms with E-state index in [1.165, 1.54) is 0 Å². The molecule has 1 aliphatic heterocycles. The van der Waals surface area contributed by atoms with Crippen molar-refractivity contribution in [2.45, 2.75) is 39.7 Å². The van der Waals surface area contributed by atoms with Crippen molar-refractivity contribution in [3.63, 3.8) is 0 Å². The summed E-state index contributed by atoms with van der Waals surface area (Å²) in [6.07, 6.45) is 0.829. The lowest BCUT2D eigenvalue weighted by atomic mass is 9.81. The number of carbonyl (C=O) groups excluding carboxylic acids is 2. The summed E-state index contributed by atoms with van der Waals surface area (Å²) in [5, 5.41) is 2.88. The van der Waals surface area contributed by atoms with Crippen LogP contribution in [0.5, 0.6) is 0 Å². The van der Waals surface area contributed by atoms with Crippen LogP contribution in [0.3, 0.4) is 0 Å². The number of nitrogens with zero attached hydrogens (tertiary/aromatic N) is 1. The highest BCUT2D eigenvalue weighted by molar-refractivity contribution is 6.19. The molecule has 1 unspecified atom stereocenters. The smallest absolute Gasteiger partial charge is 0.342 e. The highest BCUT2D eigenvalue weighted by Crippen LogP contribution is 2.41. The number of ether oxygens (including phenoxy) is 1. The molecule has 0 fully saturated rings. The van der Waals surface area contributed by atoms with Gasteiger partial charge in [-0.25, -0.2) is 4.79 Å². The van der Waals surface area contributed by atoms with Gasteiger partial charge in [-0.15, -0.1) is 0 Å². The van der Waals surface area contributed by atoms with Crippen molar-refractivity contribution in [3.05, 3.63) is 24.3 Å². The Bertz CT molecular complexity index is 571. The van der Waals surface area contributed by atoms with E-state index in [0.29, 0.717) is 6.54 Å². The number of amides is 1. The van der Waals surface area contributed by atoms with Crippen LogP contribution in [0.25, 0.3) is 0 Å². The minimum absolute atomic E-state index is 0.216. The second kappa shape index (κ2) is 6.38. The van der Waals surface area contributed by atoms with E-state index >= 15 is 0 Å². The third kappa shape index (κ3) is 2.34. The second-order valence-corrected chi connectivity index (χ2v) is 5.76. The van der Waals surface area contributed by atoms with E-state index in [2.05, 4.69) is 5.32 Å². The molecule has 22 heavy (non-hydrogen) atoms. The third-order valence-electron chi connectivity index (χ3n) is 4.08. The van der Waals surface area contributed by atoms with E-state index in [0.717, 1.165) is 17.8 Å². The van der Waals surface area contributed by atoms with Crippen molar-refractivity contribution in [2.75, 3.05) is 23.4 Å². The first kappa shape index (κ1) is 16.3. The molecule has 0 aromatic heterocycles. The fourth-order valence-corrected chi connectivity index (χ4v) is 3.12. The van der Waals surface area contributed by atoms with Crippen LogP contribution >= 0.6 is 0 Å². The summed E-state index contributed by atoms with van der Waals surface area (Å²) in [7, 11) is 0. The van der Waals surface area contributed by atoms with E-state index in [-0.39, 0.29) is 18.4 Å². The largest absolute Gasteiger partial charge is 0.464 e. The average Bonchev–Trinajstić information content (AvgIpc) is 2.47. The normalized spacial score (nSPS) is 20.6. The lowest BCUT2D eigenvalue weighted by molar-refractivity contribution is -0.155. The molecule has 0 aliphatic carbocycles. The topological polar surface area (TPSA) is 58.6 Å². The molecule has 0 saturated carbocycles. The summed E-state index contributed by atoms with van der Waals surface area (Å²) in [5.74, 6) is -1.01. The Balaban J connectivity index is 2.64. The molecule has 1 heterocycles. The Kier molecular flexibility index (Phi) is 4.74. The van der Waals surface area contributed by atoms with E-state index < -0.39 is 11.5 Å². The molecule has 1 aliphatic rings. The number of hydrogen-bond donors (Lipinski definition) is 1. The Labute approximate surface area is 131 Å². The van der Waals surface area contributed by atoms with Gasteiger partial charge in [0.1, 0.15) is 0 Å². The Morgan fingerprint density at radius 3 is 2.59 bits per heavy atom. The van der Waals surface area contributed by atoms with Gasteiger partial charge in [0.2, 0.25) is 5.54 Å². The monoisotopic (exact) mass is 304 g/mol. The molecule has 1 N–H and O–H groups in total. The van der Waals surface area contributed by atoms with Crippen molar-refractivity contribution in [3.8, 4) is 0 Å². The first-order valence-corrected chi connectivity index (χ1v) is 7.85. The molecule has 0 radical (unpaired) electrons. The predicted octanol–water partition coefficient (Wildman–Crippen LogP) is 2.81. The van der Waals surface area contributed by atoms with Gasteiger partial charge in [0, 0.05) is 6.54 Å². The minimum atomic E-state index is -1.32. The number of para-hydroxylation sites is 2. The molecular formula is C17H24N2O3. The van der Waals surface area contributed by atoms with E-state index in [1.54, 1.807) is 6.92 Å². The molecule has 1 aromatic rings. The van der Waals surface area contributed by atoms with Gasteiger partial charge >= 0.3 is 5.97 Å². The lowest BCUT2D eigenvalue weighted by Gasteiger charge is -2.47. The fourth-order valence-electron chi connectivity index (χ4n) is 3.12. The molecule has 5 nitrogen and oxygen atoms in total. The van der Waals surface area contributed by atoms with E-state index in [4.69, 9.17) is 4.74 Å². The molecule has 0 saturated heterocycles. The number of hydrogen-bond acceptors (Lipinski definition) is 4. The van der Waals surface area contributed by atoms with Gasteiger partial charge in [0.15, 0.2) is 0 Å².